The lowest BCUT2D eigenvalue weighted by molar-refractivity contribution is 0.0321. The van der Waals surface area contributed by atoms with Crippen LogP contribution in [0.5, 0.6) is 5.75 Å². The second kappa shape index (κ2) is 4.87. The predicted molar refractivity (Wildman–Crippen MR) is 69.9 cm³/mol. The smallest absolute Gasteiger partial charge is 0.126 e. The Morgan fingerprint density at radius 2 is 2.06 bits per heavy atom. The van der Waals surface area contributed by atoms with Crippen molar-refractivity contribution >= 4 is 11.6 Å². The van der Waals surface area contributed by atoms with Crippen molar-refractivity contribution in [2.45, 2.75) is 45.1 Å². The molecule has 1 N–H and O–H groups in total. The van der Waals surface area contributed by atoms with E-state index >= 15 is 0 Å². The molecule has 0 aromatic heterocycles. The van der Waals surface area contributed by atoms with E-state index < -0.39 is 5.60 Å². The molecule has 0 bridgehead atoms. The molecule has 1 heterocycles. The van der Waals surface area contributed by atoms with Gasteiger partial charge in [0, 0.05) is 17.9 Å². The molecule has 1 aromatic carbocycles. The Bertz CT molecular complexity index is 411. The predicted octanol–water partition coefficient (Wildman–Crippen LogP) is 3.37. The third-order valence-electron chi connectivity index (χ3n) is 3.66. The normalized spacial score (nSPS) is 14.6. The molecule has 0 saturated heterocycles. The molecule has 0 radical (unpaired) electrons. The largest absolute Gasteiger partial charge is 0.493 e. The average Bonchev–Trinajstić information content (AvgIpc) is 2.77. The Kier molecular flexibility index (Phi) is 3.64. The van der Waals surface area contributed by atoms with E-state index in [1.54, 1.807) is 0 Å². The SMILES string of the molecule is CCC(O)(CC)Cc1cc(Cl)cc2c1OCC2. The average molecular weight is 255 g/mol. The maximum Gasteiger partial charge on any atom is 0.126 e. The molecule has 0 atom stereocenters. The van der Waals surface area contributed by atoms with Crippen LogP contribution in [0, 0.1) is 0 Å². The molecule has 0 spiro atoms. The van der Waals surface area contributed by atoms with Gasteiger partial charge in [-0.15, -0.1) is 0 Å². The van der Waals surface area contributed by atoms with Crippen LogP contribution in [0.15, 0.2) is 12.1 Å². The molecule has 3 heteroatoms. The minimum Gasteiger partial charge on any atom is -0.493 e. The first-order chi connectivity index (χ1) is 8.08. The van der Waals surface area contributed by atoms with E-state index in [9.17, 15) is 5.11 Å². The number of rotatable bonds is 4. The van der Waals surface area contributed by atoms with Crippen LogP contribution in [0.3, 0.4) is 0 Å². The van der Waals surface area contributed by atoms with E-state index in [0.29, 0.717) is 6.42 Å². The number of benzene rings is 1. The maximum atomic E-state index is 10.4. The molecule has 0 amide bonds. The number of fused-ring (bicyclic) bond motifs is 1. The van der Waals surface area contributed by atoms with Crippen LogP contribution in [0.2, 0.25) is 5.02 Å². The second-order valence-corrected chi connectivity index (χ2v) is 5.20. The third kappa shape index (κ3) is 2.58. The molecular weight excluding hydrogens is 236 g/mol. The number of aliphatic hydroxyl groups is 1. The molecular formula is C14H19ClO2. The van der Waals surface area contributed by atoms with Gasteiger partial charge < -0.3 is 9.84 Å². The number of ether oxygens (including phenoxy) is 1. The topological polar surface area (TPSA) is 29.5 Å². The summed E-state index contributed by atoms with van der Waals surface area (Å²) in [5.74, 6) is 0.940. The number of halogens is 1. The van der Waals surface area contributed by atoms with Gasteiger partial charge in [0.25, 0.3) is 0 Å². The van der Waals surface area contributed by atoms with Crippen LogP contribution in [-0.4, -0.2) is 17.3 Å². The first-order valence-electron chi connectivity index (χ1n) is 6.24. The van der Waals surface area contributed by atoms with Crippen molar-refractivity contribution in [1.29, 1.82) is 0 Å². The van der Waals surface area contributed by atoms with Gasteiger partial charge in [0.2, 0.25) is 0 Å². The zero-order valence-corrected chi connectivity index (χ0v) is 11.2. The van der Waals surface area contributed by atoms with Crippen molar-refractivity contribution in [2.24, 2.45) is 0 Å². The minimum absolute atomic E-state index is 0.614. The standard InChI is InChI=1S/C14H19ClO2/c1-3-14(16,4-2)9-11-8-12(15)7-10-5-6-17-13(10)11/h7-8,16H,3-6,9H2,1-2H3. The van der Waals surface area contributed by atoms with Crippen LogP contribution < -0.4 is 4.74 Å². The molecule has 1 aliphatic rings. The van der Waals surface area contributed by atoms with Gasteiger partial charge in [0.1, 0.15) is 5.75 Å². The Hall–Kier alpha value is -0.730. The summed E-state index contributed by atoms with van der Waals surface area (Å²) in [6.07, 6.45) is 3.01. The number of hydrogen-bond acceptors (Lipinski definition) is 2. The fourth-order valence-corrected chi connectivity index (χ4v) is 2.60. The highest BCUT2D eigenvalue weighted by atomic mass is 35.5. The Labute approximate surface area is 108 Å². The maximum absolute atomic E-state index is 10.4. The highest BCUT2D eigenvalue weighted by Crippen LogP contribution is 2.35. The van der Waals surface area contributed by atoms with Crippen LogP contribution in [-0.2, 0) is 12.8 Å². The van der Waals surface area contributed by atoms with Crippen molar-refractivity contribution in [1.82, 2.24) is 0 Å². The van der Waals surface area contributed by atoms with Crippen molar-refractivity contribution in [2.75, 3.05) is 6.61 Å². The van der Waals surface area contributed by atoms with E-state index in [4.69, 9.17) is 16.3 Å². The van der Waals surface area contributed by atoms with E-state index in [0.717, 1.165) is 42.2 Å². The zero-order chi connectivity index (χ0) is 12.5. The van der Waals surface area contributed by atoms with Gasteiger partial charge in [-0.05, 0) is 36.1 Å². The fraction of sp³-hybridized carbons (Fsp3) is 0.571. The quantitative estimate of drug-likeness (QED) is 0.893. The summed E-state index contributed by atoms with van der Waals surface area (Å²) in [4.78, 5) is 0. The van der Waals surface area contributed by atoms with Crippen molar-refractivity contribution in [3.05, 3.63) is 28.3 Å². The second-order valence-electron chi connectivity index (χ2n) is 4.76. The van der Waals surface area contributed by atoms with Gasteiger partial charge >= 0.3 is 0 Å². The van der Waals surface area contributed by atoms with Crippen LogP contribution in [0.4, 0.5) is 0 Å². The highest BCUT2D eigenvalue weighted by Gasteiger charge is 2.27. The van der Waals surface area contributed by atoms with Gasteiger partial charge in [0.15, 0.2) is 0 Å². The van der Waals surface area contributed by atoms with E-state index in [2.05, 4.69) is 0 Å². The van der Waals surface area contributed by atoms with Gasteiger partial charge in [-0.3, -0.25) is 0 Å². The van der Waals surface area contributed by atoms with Gasteiger partial charge in [-0.2, -0.15) is 0 Å². The molecule has 2 nitrogen and oxygen atoms in total. The highest BCUT2D eigenvalue weighted by molar-refractivity contribution is 6.30. The van der Waals surface area contributed by atoms with Gasteiger partial charge in [-0.25, -0.2) is 0 Å². The molecule has 0 unspecified atom stereocenters. The lowest BCUT2D eigenvalue weighted by atomic mass is 9.88. The molecule has 94 valence electrons. The Morgan fingerprint density at radius 1 is 1.35 bits per heavy atom. The molecule has 1 aromatic rings. The zero-order valence-electron chi connectivity index (χ0n) is 10.4. The van der Waals surface area contributed by atoms with E-state index in [1.807, 2.05) is 26.0 Å². The summed E-state index contributed by atoms with van der Waals surface area (Å²) >= 11 is 6.11. The third-order valence-corrected chi connectivity index (χ3v) is 3.88. The summed E-state index contributed by atoms with van der Waals surface area (Å²) in [6.45, 7) is 4.74. The number of hydrogen-bond donors (Lipinski definition) is 1. The summed E-state index contributed by atoms with van der Waals surface area (Å²) in [6, 6.07) is 3.88. The van der Waals surface area contributed by atoms with E-state index in [1.165, 1.54) is 5.56 Å². The van der Waals surface area contributed by atoms with Crippen molar-refractivity contribution < 1.29 is 9.84 Å². The molecule has 0 fully saturated rings. The lowest BCUT2D eigenvalue weighted by Crippen LogP contribution is -2.29. The molecule has 0 aliphatic carbocycles. The van der Waals surface area contributed by atoms with E-state index in [-0.39, 0.29) is 0 Å². The minimum atomic E-state index is -0.648. The van der Waals surface area contributed by atoms with Crippen molar-refractivity contribution in [3.8, 4) is 5.75 Å². The van der Waals surface area contributed by atoms with Crippen LogP contribution >= 0.6 is 11.6 Å². The van der Waals surface area contributed by atoms with Crippen LogP contribution in [0.25, 0.3) is 0 Å². The fourth-order valence-electron chi connectivity index (χ4n) is 2.33. The van der Waals surface area contributed by atoms with Gasteiger partial charge in [0.05, 0.1) is 12.2 Å². The molecule has 0 saturated carbocycles. The lowest BCUT2D eigenvalue weighted by Gasteiger charge is -2.26. The Morgan fingerprint density at radius 3 is 2.71 bits per heavy atom. The monoisotopic (exact) mass is 254 g/mol. The summed E-state index contributed by atoms with van der Waals surface area (Å²) < 4.78 is 5.65. The Balaban J connectivity index is 2.33. The molecule has 2 rings (SSSR count). The first-order valence-corrected chi connectivity index (χ1v) is 6.62. The van der Waals surface area contributed by atoms with Gasteiger partial charge in [-0.1, -0.05) is 25.4 Å². The first kappa shape index (κ1) is 12.7. The van der Waals surface area contributed by atoms with Crippen LogP contribution in [0.1, 0.15) is 37.8 Å². The van der Waals surface area contributed by atoms with Crippen molar-refractivity contribution in [3.63, 3.8) is 0 Å². The summed E-state index contributed by atoms with van der Waals surface area (Å²) in [7, 11) is 0. The summed E-state index contributed by atoms with van der Waals surface area (Å²) in [5, 5.41) is 11.1. The summed E-state index contributed by atoms with van der Waals surface area (Å²) in [5.41, 5.74) is 1.56. The molecule has 1 aliphatic heterocycles. The molecule has 17 heavy (non-hydrogen) atoms.